The van der Waals surface area contributed by atoms with Gasteiger partial charge in [0, 0.05) is 44.8 Å². The smallest absolute Gasteiger partial charge is 0.319 e. The second-order valence-electron chi connectivity index (χ2n) is 7.52. The summed E-state index contributed by atoms with van der Waals surface area (Å²) < 4.78 is 1.84. The van der Waals surface area contributed by atoms with Gasteiger partial charge in [-0.1, -0.05) is 0 Å². The van der Waals surface area contributed by atoms with Crippen molar-refractivity contribution in [3.05, 3.63) is 12.4 Å². The molecule has 0 aromatic carbocycles. The lowest BCUT2D eigenvalue weighted by molar-refractivity contribution is -0.121. The van der Waals surface area contributed by atoms with Crippen molar-refractivity contribution < 1.29 is 9.59 Å². The zero-order valence-electron chi connectivity index (χ0n) is 15.9. The number of rotatable bonds is 5. The monoisotopic (exact) mass is 362 g/mol. The first kappa shape index (κ1) is 18.7. The number of anilines is 1. The first-order chi connectivity index (χ1) is 12.5. The number of hydrogen-bond donors (Lipinski definition) is 1. The molecule has 2 aliphatic heterocycles. The lowest BCUT2D eigenvalue weighted by atomic mass is 9.96. The fourth-order valence-corrected chi connectivity index (χ4v) is 3.54. The third kappa shape index (κ3) is 4.75. The number of piperidine rings is 1. The van der Waals surface area contributed by atoms with Gasteiger partial charge in [-0.05, 0) is 39.8 Å². The number of carbonyl (C=O) groups is 2. The van der Waals surface area contributed by atoms with Crippen LogP contribution < -0.4 is 5.32 Å². The van der Waals surface area contributed by atoms with Crippen LogP contribution in [0.4, 0.5) is 10.5 Å². The van der Waals surface area contributed by atoms with E-state index >= 15 is 0 Å². The average molecular weight is 362 g/mol. The standard InChI is InChI=1S/C18H30N6O2/c1-21(2)11-12-24-14-16(13-19-24)20-17(25)15-5-9-23(10-6-15)18(26)22-7-3-4-8-22/h13-15H,3-12H2,1-2H3,(H,20,25). The maximum absolute atomic E-state index is 12.5. The number of likely N-dealkylation sites (tertiary alicyclic amines) is 2. The summed E-state index contributed by atoms with van der Waals surface area (Å²) >= 11 is 0. The molecule has 0 radical (unpaired) electrons. The summed E-state index contributed by atoms with van der Waals surface area (Å²) in [7, 11) is 4.04. The third-order valence-corrected chi connectivity index (χ3v) is 5.19. The molecule has 2 saturated heterocycles. The number of aromatic nitrogens is 2. The molecule has 0 aliphatic carbocycles. The molecule has 3 heterocycles. The Balaban J connectivity index is 1.44. The van der Waals surface area contributed by atoms with Crippen LogP contribution in [-0.2, 0) is 11.3 Å². The number of nitrogens with one attached hydrogen (secondary N) is 1. The Morgan fingerprint density at radius 3 is 2.46 bits per heavy atom. The minimum absolute atomic E-state index is 0.0328. The molecule has 0 atom stereocenters. The zero-order chi connectivity index (χ0) is 18.5. The third-order valence-electron chi connectivity index (χ3n) is 5.19. The summed E-state index contributed by atoms with van der Waals surface area (Å²) in [5.41, 5.74) is 0.740. The summed E-state index contributed by atoms with van der Waals surface area (Å²) in [5, 5.41) is 7.25. The Kier molecular flexibility index (Phi) is 6.13. The molecule has 8 nitrogen and oxygen atoms in total. The lowest BCUT2D eigenvalue weighted by Crippen LogP contribution is -2.47. The maximum Gasteiger partial charge on any atom is 0.319 e. The highest BCUT2D eigenvalue weighted by atomic mass is 16.2. The molecule has 1 aromatic rings. The number of carbonyl (C=O) groups excluding carboxylic acids is 2. The summed E-state index contributed by atoms with van der Waals surface area (Å²) in [6.45, 7) is 4.76. The van der Waals surface area contributed by atoms with Crippen LogP contribution in [0.5, 0.6) is 0 Å². The van der Waals surface area contributed by atoms with Gasteiger partial charge in [-0.15, -0.1) is 0 Å². The average Bonchev–Trinajstić information content (AvgIpc) is 3.31. The van der Waals surface area contributed by atoms with Gasteiger partial charge in [-0.25, -0.2) is 4.79 Å². The molecule has 3 rings (SSSR count). The van der Waals surface area contributed by atoms with Crippen molar-refractivity contribution in [2.45, 2.75) is 32.2 Å². The minimum atomic E-state index is -0.0391. The normalized spacial score (nSPS) is 18.6. The summed E-state index contributed by atoms with van der Waals surface area (Å²) in [6.07, 6.45) is 7.22. The van der Waals surface area contributed by atoms with Gasteiger partial charge >= 0.3 is 6.03 Å². The van der Waals surface area contributed by atoms with E-state index in [1.54, 1.807) is 6.20 Å². The van der Waals surface area contributed by atoms with E-state index in [0.717, 1.165) is 57.5 Å². The van der Waals surface area contributed by atoms with Gasteiger partial charge in [0.1, 0.15) is 0 Å². The molecule has 1 N–H and O–H groups in total. The van der Waals surface area contributed by atoms with Crippen LogP contribution in [0, 0.1) is 5.92 Å². The van der Waals surface area contributed by atoms with Crippen LogP contribution in [0.1, 0.15) is 25.7 Å². The molecule has 0 spiro atoms. The van der Waals surface area contributed by atoms with Crippen LogP contribution >= 0.6 is 0 Å². The Bertz CT molecular complexity index is 615. The van der Waals surface area contributed by atoms with Crippen LogP contribution in [0.25, 0.3) is 0 Å². The van der Waals surface area contributed by atoms with Crippen LogP contribution in [0.3, 0.4) is 0 Å². The Morgan fingerprint density at radius 2 is 1.81 bits per heavy atom. The first-order valence-electron chi connectivity index (χ1n) is 9.55. The number of amides is 3. The fraction of sp³-hybridized carbons (Fsp3) is 0.722. The molecule has 0 saturated carbocycles. The van der Waals surface area contributed by atoms with E-state index in [-0.39, 0.29) is 17.9 Å². The van der Waals surface area contributed by atoms with Gasteiger partial charge in [-0.3, -0.25) is 9.48 Å². The van der Waals surface area contributed by atoms with Crippen molar-refractivity contribution in [3.8, 4) is 0 Å². The van der Waals surface area contributed by atoms with E-state index in [0.29, 0.717) is 13.1 Å². The molecule has 2 fully saturated rings. The fourth-order valence-electron chi connectivity index (χ4n) is 3.54. The van der Waals surface area contributed by atoms with Crippen molar-refractivity contribution in [2.24, 2.45) is 5.92 Å². The largest absolute Gasteiger partial charge is 0.325 e. The van der Waals surface area contributed by atoms with Gasteiger partial charge < -0.3 is 20.0 Å². The molecule has 1 aromatic heterocycles. The second kappa shape index (κ2) is 8.53. The number of hydrogen-bond acceptors (Lipinski definition) is 4. The number of likely N-dealkylation sites (N-methyl/N-ethyl adjacent to an activating group) is 1. The van der Waals surface area contributed by atoms with Gasteiger partial charge in [0.25, 0.3) is 0 Å². The SMILES string of the molecule is CN(C)CCn1cc(NC(=O)C2CCN(C(=O)N3CCCC3)CC2)cn1. The Morgan fingerprint density at radius 1 is 1.15 bits per heavy atom. The quantitative estimate of drug-likeness (QED) is 0.857. The highest BCUT2D eigenvalue weighted by molar-refractivity contribution is 5.92. The van der Waals surface area contributed by atoms with E-state index in [1.807, 2.05) is 34.8 Å². The predicted molar refractivity (Wildman–Crippen MR) is 99.9 cm³/mol. The summed E-state index contributed by atoms with van der Waals surface area (Å²) in [4.78, 5) is 30.8. The van der Waals surface area contributed by atoms with Gasteiger partial charge in [0.15, 0.2) is 0 Å². The van der Waals surface area contributed by atoms with Crippen molar-refractivity contribution >= 4 is 17.6 Å². The van der Waals surface area contributed by atoms with Crippen LogP contribution in [0.15, 0.2) is 12.4 Å². The summed E-state index contributed by atoms with van der Waals surface area (Å²) in [5.74, 6) is -0.00631. The van der Waals surface area contributed by atoms with E-state index in [4.69, 9.17) is 0 Å². The Hall–Kier alpha value is -2.09. The Labute approximate surface area is 155 Å². The molecule has 144 valence electrons. The van der Waals surface area contributed by atoms with E-state index in [9.17, 15) is 9.59 Å². The lowest BCUT2D eigenvalue weighted by Gasteiger charge is -2.33. The molecular formula is C18H30N6O2. The maximum atomic E-state index is 12.5. The van der Waals surface area contributed by atoms with Crippen molar-refractivity contribution in [3.63, 3.8) is 0 Å². The molecule has 2 aliphatic rings. The second-order valence-corrected chi connectivity index (χ2v) is 7.52. The van der Waals surface area contributed by atoms with Crippen molar-refractivity contribution in [2.75, 3.05) is 52.1 Å². The van der Waals surface area contributed by atoms with Gasteiger partial charge in [0.05, 0.1) is 18.4 Å². The predicted octanol–water partition coefficient (Wildman–Crippen LogP) is 1.31. The molecule has 3 amide bonds. The molecule has 26 heavy (non-hydrogen) atoms. The zero-order valence-corrected chi connectivity index (χ0v) is 15.9. The number of urea groups is 1. The molecule has 8 heteroatoms. The van der Waals surface area contributed by atoms with E-state index in [2.05, 4.69) is 15.3 Å². The number of nitrogens with zero attached hydrogens (tertiary/aromatic N) is 5. The first-order valence-corrected chi connectivity index (χ1v) is 9.55. The molecule has 0 unspecified atom stereocenters. The minimum Gasteiger partial charge on any atom is -0.325 e. The van der Waals surface area contributed by atoms with Crippen LogP contribution in [0.2, 0.25) is 0 Å². The highest BCUT2D eigenvalue weighted by Gasteiger charge is 2.30. The van der Waals surface area contributed by atoms with E-state index in [1.165, 1.54) is 0 Å². The highest BCUT2D eigenvalue weighted by Crippen LogP contribution is 2.21. The van der Waals surface area contributed by atoms with Gasteiger partial charge in [-0.2, -0.15) is 5.10 Å². The summed E-state index contributed by atoms with van der Waals surface area (Å²) in [6, 6.07) is 0.142. The van der Waals surface area contributed by atoms with Crippen LogP contribution in [-0.4, -0.2) is 83.2 Å². The van der Waals surface area contributed by atoms with Gasteiger partial charge in [0.2, 0.25) is 5.91 Å². The van der Waals surface area contributed by atoms with Crippen molar-refractivity contribution in [1.82, 2.24) is 24.5 Å². The van der Waals surface area contributed by atoms with E-state index < -0.39 is 0 Å². The van der Waals surface area contributed by atoms with Crippen molar-refractivity contribution in [1.29, 1.82) is 0 Å². The molecule has 0 bridgehead atoms. The topological polar surface area (TPSA) is 73.7 Å². The molecular weight excluding hydrogens is 332 g/mol.